The van der Waals surface area contributed by atoms with E-state index in [9.17, 15) is 15.0 Å². The van der Waals surface area contributed by atoms with E-state index in [1.165, 1.54) is 12.1 Å². The molecule has 5 nitrogen and oxygen atoms in total. The molecule has 0 spiro atoms. The smallest absolute Gasteiger partial charge is 0.254 e. The molecule has 0 atom stereocenters. The molecule has 106 valence electrons. The van der Waals surface area contributed by atoms with E-state index in [-0.39, 0.29) is 17.4 Å². The van der Waals surface area contributed by atoms with Gasteiger partial charge in [0.05, 0.1) is 5.56 Å². The van der Waals surface area contributed by atoms with Crippen LogP contribution in [-0.4, -0.2) is 22.7 Å². The molecule has 0 saturated heterocycles. The Morgan fingerprint density at radius 2 is 1.95 bits per heavy atom. The maximum Gasteiger partial charge on any atom is 0.254 e. The summed E-state index contributed by atoms with van der Waals surface area (Å²) in [6.45, 7) is 3.98. The number of nitrogens with one attached hydrogen (secondary N) is 1. The van der Waals surface area contributed by atoms with Crippen molar-refractivity contribution in [2.45, 2.75) is 20.3 Å². The van der Waals surface area contributed by atoms with Crippen LogP contribution < -0.4 is 5.32 Å². The van der Waals surface area contributed by atoms with Crippen molar-refractivity contribution in [1.29, 1.82) is 0 Å². The maximum absolute atomic E-state index is 11.9. The number of aryl methyl sites for hydroxylation is 2. The fraction of sp³-hybridized carbons (Fsp3) is 0.267. The molecule has 0 radical (unpaired) electrons. The second-order valence-electron chi connectivity index (χ2n) is 4.66. The molecule has 2 rings (SSSR count). The van der Waals surface area contributed by atoms with Gasteiger partial charge in [0.15, 0.2) is 11.5 Å². The van der Waals surface area contributed by atoms with E-state index in [0.717, 1.165) is 5.56 Å². The Morgan fingerprint density at radius 3 is 2.55 bits per heavy atom. The van der Waals surface area contributed by atoms with E-state index >= 15 is 0 Å². The van der Waals surface area contributed by atoms with Gasteiger partial charge in [-0.1, -0.05) is 6.07 Å². The topological polar surface area (TPSA) is 82.7 Å². The minimum Gasteiger partial charge on any atom is -0.504 e. The van der Waals surface area contributed by atoms with E-state index in [2.05, 4.69) is 5.32 Å². The number of phenolic OH excluding ortho intramolecular Hbond substituents is 2. The van der Waals surface area contributed by atoms with Crippen molar-refractivity contribution < 1.29 is 19.4 Å². The monoisotopic (exact) mass is 275 g/mol. The molecule has 3 N–H and O–H groups in total. The summed E-state index contributed by atoms with van der Waals surface area (Å²) < 4.78 is 5.31. The van der Waals surface area contributed by atoms with E-state index < -0.39 is 0 Å². The predicted molar refractivity (Wildman–Crippen MR) is 74.0 cm³/mol. The van der Waals surface area contributed by atoms with Crippen LogP contribution in [0.25, 0.3) is 0 Å². The molecular formula is C15H17NO4. The molecule has 5 heteroatoms. The quantitative estimate of drug-likeness (QED) is 0.748. The number of carbonyl (C=O) groups excluding carboxylic acids is 1. The first-order valence-corrected chi connectivity index (χ1v) is 6.33. The number of amides is 1. The second-order valence-corrected chi connectivity index (χ2v) is 4.66. The van der Waals surface area contributed by atoms with Gasteiger partial charge in [-0.3, -0.25) is 4.79 Å². The molecule has 0 unspecified atom stereocenters. The van der Waals surface area contributed by atoms with Crippen LogP contribution in [0.5, 0.6) is 11.5 Å². The lowest BCUT2D eigenvalue weighted by Crippen LogP contribution is -2.25. The largest absolute Gasteiger partial charge is 0.504 e. The minimum atomic E-state index is -0.178. The van der Waals surface area contributed by atoms with Crippen molar-refractivity contribution in [3.8, 4) is 11.5 Å². The van der Waals surface area contributed by atoms with Gasteiger partial charge in [0.1, 0.15) is 11.5 Å². The van der Waals surface area contributed by atoms with Crippen molar-refractivity contribution in [3.63, 3.8) is 0 Å². The number of hydrogen-bond donors (Lipinski definition) is 3. The molecule has 1 heterocycles. The zero-order valence-corrected chi connectivity index (χ0v) is 11.4. The van der Waals surface area contributed by atoms with Crippen molar-refractivity contribution in [1.82, 2.24) is 5.32 Å². The third-order valence-corrected chi connectivity index (χ3v) is 3.02. The summed E-state index contributed by atoms with van der Waals surface area (Å²) >= 11 is 0. The molecule has 0 aliphatic heterocycles. The molecule has 0 fully saturated rings. The minimum absolute atomic E-state index is 0.151. The summed E-state index contributed by atoms with van der Waals surface area (Å²) in [5.41, 5.74) is 1.37. The van der Waals surface area contributed by atoms with Crippen molar-refractivity contribution in [2.75, 3.05) is 6.54 Å². The Bertz CT molecular complexity index is 631. The maximum atomic E-state index is 11.9. The highest BCUT2D eigenvalue weighted by atomic mass is 16.3. The molecule has 0 bridgehead atoms. The van der Waals surface area contributed by atoms with Crippen molar-refractivity contribution in [2.24, 2.45) is 0 Å². The van der Waals surface area contributed by atoms with Crippen LogP contribution in [-0.2, 0) is 6.42 Å². The molecular weight excluding hydrogens is 258 g/mol. The number of hydrogen-bond acceptors (Lipinski definition) is 4. The van der Waals surface area contributed by atoms with Gasteiger partial charge in [0.2, 0.25) is 0 Å². The molecule has 1 aromatic carbocycles. The highest BCUT2D eigenvalue weighted by molar-refractivity contribution is 5.95. The average molecular weight is 275 g/mol. The SMILES string of the molecule is Cc1cc(C(=O)NCCc2ccc(O)c(O)c2)c(C)o1. The molecule has 1 amide bonds. The lowest BCUT2D eigenvalue weighted by Gasteiger charge is -2.05. The average Bonchev–Trinajstić information content (AvgIpc) is 2.73. The summed E-state index contributed by atoms with van der Waals surface area (Å²) in [5, 5.41) is 21.4. The van der Waals surface area contributed by atoms with Crippen LogP contribution in [0.3, 0.4) is 0 Å². The number of benzene rings is 1. The van der Waals surface area contributed by atoms with Crippen LogP contribution in [0.4, 0.5) is 0 Å². The van der Waals surface area contributed by atoms with Gasteiger partial charge in [-0.25, -0.2) is 0 Å². The first-order valence-electron chi connectivity index (χ1n) is 6.33. The van der Waals surface area contributed by atoms with Gasteiger partial charge < -0.3 is 19.9 Å². The van der Waals surface area contributed by atoms with Gasteiger partial charge in [-0.15, -0.1) is 0 Å². The first kappa shape index (κ1) is 14.0. The lowest BCUT2D eigenvalue weighted by molar-refractivity contribution is 0.0952. The van der Waals surface area contributed by atoms with Crippen LogP contribution in [0.1, 0.15) is 27.4 Å². The fourth-order valence-electron chi connectivity index (χ4n) is 2.00. The Kier molecular flexibility index (Phi) is 3.98. The highest BCUT2D eigenvalue weighted by Gasteiger charge is 2.12. The second kappa shape index (κ2) is 5.69. The zero-order chi connectivity index (χ0) is 14.7. The third kappa shape index (κ3) is 3.12. The fourth-order valence-corrected chi connectivity index (χ4v) is 2.00. The van der Waals surface area contributed by atoms with Gasteiger partial charge in [-0.05, 0) is 44.0 Å². The molecule has 0 aliphatic carbocycles. The van der Waals surface area contributed by atoms with Crippen molar-refractivity contribution in [3.05, 3.63) is 46.9 Å². The first-order chi connectivity index (χ1) is 9.47. The summed E-state index contributed by atoms with van der Waals surface area (Å²) in [4.78, 5) is 11.9. The Morgan fingerprint density at radius 1 is 1.20 bits per heavy atom. The van der Waals surface area contributed by atoms with E-state index in [0.29, 0.717) is 30.0 Å². The number of phenols is 2. The number of aromatic hydroxyl groups is 2. The van der Waals surface area contributed by atoms with E-state index in [4.69, 9.17) is 4.42 Å². The van der Waals surface area contributed by atoms with E-state index in [1.54, 1.807) is 26.0 Å². The standard InChI is InChI=1S/C15H17NO4/c1-9-7-12(10(2)20-9)15(19)16-6-5-11-3-4-13(17)14(18)8-11/h3-4,7-8,17-18H,5-6H2,1-2H3,(H,16,19). The Labute approximate surface area is 116 Å². The Hall–Kier alpha value is -2.43. The van der Waals surface area contributed by atoms with Crippen LogP contribution in [0.15, 0.2) is 28.7 Å². The molecule has 2 aromatic rings. The molecule has 0 aliphatic rings. The molecule has 0 saturated carbocycles. The summed E-state index contributed by atoms with van der Waals surface area (Å²) in [5.74, 6) is 0.818. The van der Waals surface area contributed by atoms with E-state index in [1.807, 2.05) is 0 Å². The summed E-state index contributed by atoms with van der Waals surface area (Å²) in [7, 11) is 0. The van der Waals surface area contributed by atoms with Crippen LogP contribution in [0.2, 0.25) is 0 Å². The molecule has 1 aromatic heterocycles. The number of carbonyl (C=O) groups is 1. The summed E-state index contributed by atoms with van der Waals surface area (Å²) in [6, 6.07) is 6.32. The van der Waals surface area contributed by atoms with Crippen molar-refractivity contribution >= 4 is 5.91 Å². The van der Waals surface area contributed by atoms with Gasteiger partial charge in [-0.2, -0.15) is 0 Å². The normalized spacial score (nSPS) is 10.5. The van der Waals surface area contributed by atoms with Crippen LogP contribution >= 0.6 is 0 Å². The number of furan rings is 1. The van der Waals surface area contributed by atoms with Gasteiger partial charge in [0, 0.05) is 6.54 Å². The van der Waals surface area contributed by atoms with Gasteiger partial charge >= 0.3 is 0 Å². The lowest BCUT2D eigenvalue weighted by atomic mass is 10.1. The third-order valence-electron chi connectivity index (χ3n) is 3.02. The predicted octanol–water partition coefficient (Wildman–Crippen LogP) is 2.28. The zero-order valence-electron chi connectivity index (χ0n) is 11.4. The van der Waals surface area contributed by atoms with Crippen LogP contribution in [0, 0.1) is 13.8 Å². The van der Waals surface area contributed by atoms with Gasteiger partial charge in [0.25, 0.3) is 5.91 Å². The summed E-state index contributed by atoms with van der Waals surface area (Å²) in [6.07, 6.45) is 0.565. The highest BCUT2D eigenvalue weighted by Crippen LogP contribution is 2.24. The Balaban J connectivity index is 1.91. The molecule has 20 heavy (non-hydrogen) atoms. The number of rotatable bonds is 4.